The maximum atomic E-state index is 13.5. The van der Waals surface area contributed by atoms with Crippen molar-refractivity contribution >= 4 is 5.91 Å². The van der Waals surface area contributed by atoms with Crippen molar-refractivity contribution in [3.8, 4) is 11.3 Å². The Hall–Kier alpha value is -2.21. The number of aliphatic hydroxyl groups is 1. The molecule has 0 saturated heterocycles. The minimum atomic E-state index is -0.479. The summed E-state index contributed by atoms with van der Waals surface area (Å²) in [5.74, 6) is -0.748. The molecule has 1 aromatic heterocycles. The van der Waals surface area contributed by atoms with Gasteiger partial charge in [-0.1, -0.05) is 17.3 Å². The molecule has 6 heteroatoms. The normalized spacial score (nSPS) is 12.2. The van der Waals surface area contributed by atoms with Gasteiger partial charge < -0.3 is 14.9 Å². The molecule has 2 rings (SSSR count). The van der Waals surface area contributed by atoms with Gasteiger partial charge in [-0.3, -0.25) is 4.79 Å². The lowest BCUT2D eigenvalue weighted by molar-refractivity contribution is 0.0913. The number of carbonyl (C=O) groups excluding carboxylic acids is 1. The summed E-state index contributed by atoms with van der Waals surface area (Å²) in [6, 6.07) is 7.03. The molecule has 19 heavy (non-hydrogen) atoms. The van der Waals surface area contributed by atoms with Crippen LogP contribution >= 0.6 is 0 Å². The molecular formula is C13H13FN2O3. The summed E-state index contributed by atoms with van der Waals surface area (Å²) in [6.45, 7) is 1.47. The van der Waals surface area contributed by atoms with Crippen LogP contribution in [0.1, 0.15) is 17.4 Å². The van der Waals surface area contributed by atoms with Gasteiger partial charge in [0.25, 0.3) is 5.91 Å². The van der Waals surface area contributed by atoms with E-state index in [4.69, 9.17) is 9.63 Å². The van der Waals surface area contributed by atoms with Crippen LogP contribution in [0, 0.1) is 5.82 Å². The molecule has 2 N–H and O–H groups in total. The minimum absolute atomic E-state index is 0.0403. The molecule has 1 aromatic carbocycles. The molecule has 1 amide bonds. The molecule has 0 radical (unpaired) electrons. The Morgan fingerprint density at radius 2 is 2.26 bits per heavy atom. The number of nitrogens with zero attached hydrogens (tertiary/aromatic N) is 1. The third kappa shape index (κ3) is 2.97. The van der Waals surface area contributed by atoms with Crippen LogP contribution in [-0.4, -0.2) is 28.8 Å². The third-order valence-electron chi connectivity index (χ3n) is 2.53. The zero-order valence-corrected chi connectivity index (χ0v) is 10.3. The fourth-order valence-corrected chi connectivity index (χ4v) is 1.51. The standard InChI is InChI=1S/C13H13FN2O3/c1-8(7-17)15-13(18)11-6-12(19-16-11)9-4-2-3-5-10(9)14/h2-6,8,17H,7H2,1H3,(H,15,18). The fraction of sp³-hybridized carbons (Fsp3) is 0.231. The number of nitrogens with one attached hydrogen (secondary N) is 1. The van der Waals surface area contributed by atoms with Crippen molar-refractivity contribution in [2.45, 2.75) is 13.0 Å². The Labute approximate surface area is 109 Å². The van der Waals surface area contributed by atoms with Crippen molar-refractivity contribution in [1.29, 1.82) is 0 Å². The predicted molar refractivity (Wildman–Crippen MR) is 65.9 cm³/mol. The van der Waals surface area contributed by atoms with Crippen LogP contribution in [0.2, 0.25) is 0 Å². The minimum Gasteiger partial charge on any atom is -0.394 e. The maximum absolute atomic E-state index is 13.5. The molecule has 100 valence electrons. The lowest BCUT2D eigenvalue weighted by atomic mass is 10.1. The zero-order chi connectivity index (χ0) is 13.8. The predicted octanol–water partition coefficient (Wildman–Crippen LogP) is 1.59. The van der Waals surface area contributed by atoms with E-state index in [1.54, 1.807) is 19.1 Å². The quantitative estimate of drug-likeness (QED) is 0.879. The van der Waals surface area contributed by atoms with Gasteiger partial charge >= 0.3 is 0 Å². The Bertz CT molecular complexity index is 583. The Balaban J connectivity index is 2.20. The fourth-order valence-electron chi connectivity index (χ4n) is 1.51. The number of amides is 1. The molecule has 0 aliphatic heterocycles. The Morgan fingerprint density at radius 3 is 2.95 bits per heavy atom. The van der Waals surface area contributed by atoms with Crippen molar-refractivity contribution in [3.05, 3.63) is 41.8 Å². The van der Waals surface area contributed by atoms with Crippen LogP contribution in [0.15, 0.2) is 34.9 Å². The van der Waals surface area contributed by atoms with E-state index in [0.29, 0.717) is 0 Å². The monoisotopic (exact) mass is 264 g/mol. The first kappa shape index (κ1) is 13.2. The smallest absolute Gasteiger partial charge is 0.273 e. The highest BCUT2D eigenvalue weighted by Gasteiger charge is 2.16. The van der Waals surface area contributed by atoms with Crippen molar-refractivity contribution < 1.29 is 18.8 Å². The SMILES string of the molecule is CC(CO)NC(=O)c1cc(-c2ccccc2F)on1. The van der Waals surface area contributed by atoms with Crippen LogP contribution in [0.4, 0.5) is 4.39 Å². The van der Waals surface area contributed by atoms with E-state index in [-0.39, 0.29) is 29.7 Å². The molecule has 1 heterocycles. The molecule has 2 aromatic rings. The summed E-state index contributed by atoms with van der Waals surface area (Å²) in [4.78, 5) is 11.7. The summed E-state index contributed by atoms with van der Waals surface area (Å²) in [6.07, 6.45) is 0. The highest BCUT2D eigenvalue weighted by atomic mass is 19.1. The van der Waals surface area contributed by atoms with Crippen LogP contribution < -0.4 is 5.32 Å². The third-order valence-corrected chi connectivity index (χ3v) is 2.53. The molecule has 1 unspecified atom stereocenters. The maximum Gasteiger partial charge on any atom is 0.273 e. The zero-order valence-electron chi connectivity index (χ0n) is 10.3. The van der Waals surface area contributed by atoms with Gasteiger partial charge in [-0.25, -0.2) is 4.39 Å². The molecule has 0 saturated carbocycles. The van der Waals surface area contributed by atoms with Gasteiger partial charge in [-0.05, 0) is 19.1 Å². The second-order valence-electron chi connectivity index (χ2n) is 4.11. The lowest BCUT2D eigenvalue weighted by Crippen LogP contribution is -2.35. The summed E-state index contributed by atoms with van der Waals surface area (Å²) in [7, 11) is 0. The molecule has 0 fully saturated rings. The number of hydrogen-bond donors (Lipinski definition) is 2. The van der Waals surface area contributed by atoms with Crippen LogP contribution in [0.25, 0.3) is 11.3 Å². The number of rotatable bonds is 4. The highest BCUT2D eigenvalue weighted by Crippen LogP contribution is 2.23. The summed E-state index contributed by atoms with van der Waals surface area (Å²) in [5, 5.41) is 14.9. The molecule has 5 nitrogen and oxygen atoms in total. The summed E-state index contributed by atoms with van der Waals surface area (Å²) < 4.78 is 18.5. The van der Waals surface area contributed by atoms with Gasteiger partial charge in [0.05, 0.1) is 12.2 Å². The van der Waals surface area contributed by atoms with Crippen LogP contribution in [0.3, 0.4) is 0 Å². The largest absolute Gasteiger partial charge is 0.394 e. The molecule has 0 aliphatic rings. The van der Waals surface area contributed by atoms with Gasteiger partial charge in [0.2, 0.25) is 0 Å². The van der Waals surface area contributed by atoms with E-state index in [1.807, 2.05) is 0 Å². The number of carbonyl (C=O) groups is 1. The summed E-state index contributed by atoms with van der Waals surface area (Å²) in [5.41, 5.74) is 0.280. The highest BCUT2D eigenvalue weighted by molar-refractivity contribution is 5.93. The van der Waals surface area contributed by atoms with E-state index < -0.39 is 11.7 Å². The van der Waals surface area contributed by atoms with Gasteiger partial charge in [0.1, 0.15) is 5.82 Å². The molecular weight excluding hydrogens is 251 g/mol. The topological polar surface area (TPSA) is 75.4 Å². The average molecular weight is 264 g/mol. The molecule has 1 atom stereocenters. The van der Waals surface area contributed by atoms with E-state index >= 15 is 0 Å². The van der Waals surface area contributed by atoms with E-state index in [1.165, 1.54) is 18.2 Å². The van der Waals surface area contributed by atoms with Gasteiger partial charge in [0.15, 0.2) is 11.5 Å². The van der Waals surface area contributed by atoms with E-state index in [0.717, 1.165) is 0 Å². The Kier molecular flexibility index (Phi) is 3.91. The number of halogens is 1. The van der Waals surface area contributed by atoms with Gasteiger partial charge in [0, 0.05) is 12.1 Å². The van der Waals surface area contributed by atoms with Crippen LogP contribution in [-0.2, 0) is 0 Å². The molecule has 0 bridgehead atoms. The average Bonchev–Trinajstić information content (AvgIpc) is 2.88. The van der Waals surface area contributed by atoms with E-state index in [9.17, 15) is 9.18 Å². The molecule has 0 aliphatic carbocycles. The van der Waals surface area contributed by atoms with Crippen molar-refractivity contribution in [1.82, 2.24) is 10.5 Å². The summed E-state index contributed by atoms with van der Waals surface area (Å²) >= 11 is 0. The number of hydrogen-bond acceptors (Lipinski definition) is 4. The second kappa shape index (κ2) is 5.62. The van der Waals surface area contributed by atoms with Crippen LogP contribution in [0.5, 0.6) is 0 Å². The molecule has 0 spiro atoms. The number of aliphatic hydroxyl groups excluding tert-OH is 1. The van der Waals surface area contributed by atoms with Gasteiger partial charge in [-0.2, -0.15) is 0 Å². The van der Waals surface area contributed by atoms with Crippen molar-refractivity contribution in [2.24, 2.45) is 0 Å². The first-order valence-electron chi connectivity index (χ1n) is 5.75. The first-order valence-corrected chi connectivity index (χ1v) is 5.75. The van der Waals surface area contributed by atoms with E-state index in [2.05, 4.69) is 10.5 Å². The van der Waals surface area contributed by atoms with Crippen molar-refractivity contribution in [2.75, 3.05) is 6.61 Å². The number of benzene rings is 1. The first-order chi connectivity index (χ1) is 9.11. The lowest BCUT2D eigenvalue weighted by Gasteiger charge is -2.07. The van der Waals surface area contributed by atoms with Crippen molar-refractivity contribution in [3.63, 3.8) is 0 Å². The number of aromatic nitrogens is 1. The Morgan fingerprint density at radius 1 is 1.53 bits per heavy atom. The van der Waals surface area contributed by atoms with Gasteiger partial charge in [-0.15, -0.1) is 0 Å². The second-order valence-corrected chi connectivity index (χ2v) is 4.11.